The lowest BCUT2D eigenvalue weighted by Crippen LogP contribution is -2.24. The average Bonchev–Trinajstić information content (AvgIpc) is 2.97. The third kappa shape index (κ3) is 3.77. The molecule has 7 heteroatoms. The number of ether oxygens (including phenoxy) is 3. The molecular formula is C17H14ClNO4S. The molecule has 0 aliphatic heterocycles. The summed E-state index contributed by atoms with van der Waals surface area (Å²) in [5.41, 5.74) is 0.800. The van der Waals surface area contributed by atoms with Crippen LogP contribution in [-0.2, 0) is 9.53 Å². The van der Waals surface area contributed by atoms with Gasteiger partial charge in [-0.25, -0.2) is 9.78 Å². The third-order valence-corrected chi connectivity index (χ3v) is 4.35. The van der Waals surface area contributed by atoms with E-state index < -0.39 is 12.1 Å². The van der Waals surface area contributed by atoms with Crippen LogP contribution in [-0.4, -0.2) is 24.2 Å². The number of rotatable bonds is 5. The minimum Gasteiger partial charge on any atom is -0.479 e. The highest BCUT2D eigenvalue weighted by atomic mass is 35.5. The molecule has 124 valence electrons. The van der Waals surface area contributed by atoms with E-state index in [2.05, 4.69) is 9.72 Å². The van der Waals surface area contributed by atoms with E-state index >= 15 is 0 Å². The van der Waals surface area contributed by atoms with Crippen LogP contribution < -0.4 is 9.47 Å². The summed E-state index contributed by atoms with van der Waals surface area (Å²) in [6.07, 6.45) is -0.671. The zero-order valence-electron chi connectivity index (χ0n) is 13.0. The summed E-state index contributed by atoms with van der Waals surface area (Å²) >= 11 is 7.39. The van der Waals surface area contributed by atoms with Gasteiger partial charge in [0.15, 0.2) is 6.10 Å². The maximum atomic E-state index is 11.3. The molecule has 5 nitrogen and oxygen atoms in total. The van der Waals surface area contributed by atoms with Crippen molar-refractivity contribution >= 4 is 39.1 Å². The second kappa shape index (κ2) is 7.07. The van der Waals surface area contributed by atoms with Crippen LogP contribution >= 0.6 is 22.9 Å². The van der Waals surface area contributed by atoms with Crippen molar-refractivity contribution < 1.29 is 19.0 Å². The van der Waals surface area contributed by atoms with E-state index in [1.54, 1.807) is 37.3 Å². The molecule has 0 fully saturated rings. The van der Waals surface area contributed by atoms with Gasteiger partial charge in [0, 0.05) is 5.02 Å². The highest BCUT2D eigenvalue weighted by Crippen LogP contribution is 2.33. The summed E-state index contributed by atoms with van der Waals surface area (Å²) in [6.45, 7) is 1.63. The van der Waals surface area contributed by atoms with Crippen LogP contribution in [0, 0.1) is 0 Å². The molecule has 3 rings (SSSR count). The van der Waals surface area contributed by atoms with Gasteiger partial charge in [-0.05, 0) is 49.4 Å². The predicted molar refractivity (Wildman–Crippen MR) is 93.3 cm³/mol. The van der Waals surface area contributed by atoms with Crippen molar-refractivity contribution in [2.75, 3.05) is 7.11 Å². The molecule has 1 atom stereocenters. The predicted octanol–water partition coefficient (Wildman–Crippen LogP) is 4.68. The molecule has 0 aliphatic carbocycles. The minimum absolute atomic E-state index is 0.427. The van der Waals surface area contributed by atoms with Gasteiger partial charge in [0.25, 0.3) is 5.19 Å². The molecule has 0 aliphatic rings. The van der Waals surface area contributed by atoms with Crippen molar-refractivity contribution in [2.45, 2.75) is 13.0 Å². The Labute approximate surface area is 147 Å². The first-order chi connectivity index (χ1) is 11.5. The van der Waals surface area contributed by atoms with Gasteiger partial charge < -0.3 is 14.2 Å². The number of fused-ring (bicyclic) bond motifs is 1. The zero-order chi connectivity index (χ0) is 17.1. The van der Waals surface area contributed by atoms with E-state index in [4.69, 9.17) is 21.1 Å². The lowest BCUT2D eigenvalue weighted by Gasteiger charge is -2.12. The SMILES string of the molecule is COC(=O)[C@@H](C)Oc1ccc(Oc2nc3cc(Cl)ccc3s2)cc1. The fourth-order valence-corrected chi connectivity index (χ4v) is 3.01. The Kier molecular flexibility index (Phi) is 4.87. The first-order valence-corrected chi connectivity index (χ1v) is 8.33. The van der Waals surface area contributed by atoms with E-state index in [1.807, 2.05) is 12.1 Å². The number of halogens is 1. The number of carbonyl (C=O) groups is 1. The van der Waals surface area contributed by atoms with Gasteiger partial charge in [0.1, 0.15) is 11.5 Å². The number of benzene rings is 2. The molecule has 0 bridgehead atoms. The van der Waals surface area contributed by atoms with E-state index in [9.17, 15) is 4.79 Å². The first-order valence-electron chi connectivity index (χ1n) is 7.13. The van der Waals surface area contributed by atoms with Gasteiger partial charge in [-0.2, -0.15) is 0 Å². The number of methoxy groups -OCH3 is 1. The Morgan fingerprint density at radius 3 is 2.58 bits per heavy atom. The summed E-state index contributed by atoms with van der Waals surface area (Å²) in [5, 5.41) is 1.17. The van der Waals surface area contributed by atoms with E-state index in [1.165, 1.54) is 18.4 Å². The van der Waals surface area contributed by atoms with Crippen LogP contribution in [0.15, 0.2) is 42.5 Å². The topological polar surface area (TPSA) is 57.7 Å². The minimum atomic E-state index is -0.671. The smallest absolute Gasteiger partial charge is 0.346 e. The van der Waals surface area contributed by atoms with Crippen molar-refractivity contribution in [2.24, 2.45) is 0 Å². The van der Waals surface area contributed by atoms with Crippen molar-refractivity contribution in [3.63, 3.8) is 0 Å². The summed E-state index contributed by atoms with van der Waals surface area (Å²) in [4.78, 5) is 15.7. The number of nitrogens with zero attached hydrogens (tertiary/aromatic N) is 1. The molecular weight excluding hydrogens is 350 g/mol. The summed E-state index contributed by atoms with van der Waals surface area (Å²) in [7, 11) is 1.32. The van der Waals surface area contributed by atoms with Crippen molar-refractivity contribution in [3.05, 3.63) is 47.5 Å². The van der Waals surface area contributed by atoms with Crippen molar-refractivity contribution in [1.82, 2.24) is 4.98 Å². The Bertz CT molecular complexity index is 863. The Hall–Kier alpha value is -2.31. The first kappa shape index (κ1) is 16.5. The Morgan fingerprint density at radius 1 is 1.17 bits per heavy atom. The zero-order valence-corrected chi connectivity index (χ0v) is 14.6. The molecule has 24 heavy (non-hydrogen) atoms. The maximum Gasteiger partial charge on any atom is 0.346 e. The number of hydrogen-bond donors (Lipinski definition) is 0. The van der Waals surface area contributed by atoms with Gasteiger partial charge in [0.05, 0.1) is 17.3 Å². The monoisotopic (exact) mass is 363 g/mol. The van der Waals surface area contributed by atoms with Crippen molar-refractivity contribution in [3.8, 4) is 16.7 Å². The molecule has 1 aromatic heterocycles. The number of aromatic nitrogens is 1. The number of esters is 1. The van der Waals surface area contributed by atoms with Gasteiger partial charge in [0.2, 0.25) is 0 Å². The van der Waals surface area contributed by atoms with Crippen LogP contribution in [0.3, 0.4) is 0 Å². The maximum absolute atomic E-state index is 11.3. The van der Waals surface area contributed by atoms with Crippen LogP contribution in [0.5, 0.6) is 16.7 Å². The summed E-state index contributed by atoms with van der Waals surface area (Å²) in [6, 6.07) is 12.5. The number of hydrogen-bond acceptors (Lipinski definition) is 6. The van der Waals surface area contributed by atoms with Gasteiger partial charge in [-0.3, -0.25) is 0 Å². The average molecular weight is 364 g/mol. The normalized spacial score (nSPS) is 12.0. The van der Waals surface area contributed by atoms with Gasteiger partial charge in [-0.15, -0.1) is 0 Å². The number of carbonyl (C=O) groups excluding carboxylic acids is 1. The molecule has 0 saturated carbocycles. The van der Waals surface area contributed by atoms with Crippen LogP contribution in [0.4, 0.5) is 0 Å². The lowest BCUT2D eigenvalue weighted by molar-refractivity contribution is -0.147. The molecule has 0 saturated heterocycles. The number of thiazole rings is 1. The van der Waals surface area contributed by atoms with E-state index in [-0.39, 0.29) is 0 Å². The summed E-state index contributed by atoms with van der Waals surface area (Å²) in [5.74, 6) is 0.748. The molecule has 3 aromatic rings. The second-order valence-electron chi connectivity index (χ2n) is 4.95. The van der Waals surface area contributed by atoms with Gasteiger partial charge >= 0.3 is 5.97 Å². The largest absolute Gasteiger partial charge is 0.479 e. The fraction of sp³-hybridized carbons (Fsp3) is 0.176. The molecule has 0 unspecified atom stereocenters. The van der Waals surface area contributed by atoms with Gasteiger partial charge in [-0.1, -0.05) is 22.9 Å². The van der Waals surface area contributed by atoms with E-state index in [0.717, 1.165) is 10.2 Å². The molecule has 0 N–H and O–H groups in total. The molecule has 0 amide bonds. The quantitative estimate of drug-likeness (QED) is 0.616. The Morgan fingerprint density at radius 2 is 1.88 bits per heavy atom. The fourth-order valence-electron chi connectivity index (χ4n) is 2.03. The van der Waals surface area contributed by atoms with E-state index in [0.29, 0.717) is 21.7 Å². The second-order valence-corrected chi connectivity index (χ2v) is 6.38. The van der Waals surface area contributed by atoms with Crippen molar-refractivity contribution in [1.29, 1.82) is 0 Å². The molecule has 2 aromatic carbocycles. The van der Waals surface area contributed by atoms with Crippen LogP contribution in [0.25, 0.3) is 10.2 Å². The third-order valence-electron chi connectivity index (χ3n) is 3.20. The van der Waals surface area contributed by atoms with Crippen LogP contribution in [0.2, 0.25) is 5.02 Å². The highest BCUT2D eigenvalue weighted by molar-refractivity contribution is 7.20. The summed E-state index contributed by atoms with van der Waals surface area (Å²) < 4.78 is 16.8. The molecule has 0 spiro atoms. The van der Waals surface area contributed by atoms with Crippen LogP contribution in [0.1, 0.15) is 6.92 Å². The molecule has 0 radical (unpaired) electrons. The molecule has 1 heterocycles. The Balaban J connectivity index is 1.70. The highest BCUT2D eigenvalue weighted by Gasteiger charge is 2.14. The standard InChI is InChI=1S/C17H14ClNO4S/c1-10(16(20)21-2)22-12-4-6-13(7-5-12)23-17-19-14-9-11(18)3-8-15(14)24-17/h3-10H,1-2H3/t10-/m1/s1. The lowest BCUT2D eigenvalue weighted by atomic mass is 10.3.